The maximum Gasteiger partial charge on any atom is 0.442 e. The van der Waals surface area contributed by atoms with E-state index >= 15 is 0 Å². The smallest absolute Gasteiger partial charge is 0.400 e. The van der Waals surface area contributed by atoms with E-state index in [-0.39, 0.29) is 12.5 Å². The van der Waals surface area contributed by atoms with Crippen LogP contribution in [0.2, 0.25) is 0 Å². The predicted molar refractivity (Wildman–Crippen MR) is 74.2 cm³/mol. The van der Waals surface area contributed by atoms with Crippen molar-refractivity contribution in [2.45, 2.75) is 6.61 Å². The molecule has 0 aliphatic heterocycles. The van der Waals surface area contributed by atoms with Crippen molar-refractivity contribution in [3.63, 3.8) is 0 Å². The molecule has 0 amide bonds. The summed E-state index contributed by atoms with van der Waals surface area (Å²) in [6, 6.07) is 14.0. The highest BCUT2D eigenvalue weighted by Crippen LogP contribution is 2.39. The van der Waals surface area contributed by atoms with Crippen molar-refractivity contribution in [3.05, 3.63) is 64.2 Å². The molecule has 100 valence electrons. The average Bonchev–Trinajstić information content (AvgIpc) is 2.87. The predicted octanol–water partition coefficient (Wildman–Crippen LogP) is 3.50. The van der Waals surface area contributed by atoms with E-state index in [0.29, 0.717) is 22.1 Å². The molecule has 0 radical (unpaired) electrons. The van der Waals surface area contributed by atoms with Gasteiger partial charge in [0, 0.05) is 5.39 Å². The Morgan fingerprint density at radius 1 is 1.10 bits per heavy atom. The maximum absolute atomic E-state index is 11.2. The number of furan rings is 1. The van der Waals surface area contributed by atoms with Gasteiger partial charge in [0.1, 0.15) is 16.1 Å². The molecular formula is C15H11NO4. The van der Waals surface area contributed by atoms with Gasteiger partial charge in [-0.05, 0) is 17.2 Å². The second-order valence-corrected chi connectivity index (χ2v) is 4.39. The number of aliphatic hydroxyl groups is 1. The molecular weight excluding hydrogens is 258 g/mol. The van der Waals surface area contributed by atoms with Gasteiger partial charge in [-0.25, -0.2) is 0 Å². The zero-order valence-corrected chi connectivity index (χ0v) is 10.4. The van der Waals surface area contributed by atoms with Gasteiger partial charge in [0.15, 0.2) is 0 Å². The van der Waals surface area contributed by atoms with Crippen molar-refractivity contribution < 1.29 is 14.4 Å². The fourth-order valence-corrected chi connectivity index (χ4v) is 2.22. The van der Waals surface area contributed by atoms with E-state index in [1.165, 1.54) is 0 Å². The molecule has 0 aliphatic carbocycles. The second-order valence-electron chi connectivity index (χ2n) is 4.39. The molecule has 0 unspecified atom stereocenters. The number of para-hydroxylation sites is 1. The second kappa shape index (κ2) is 4.79. The van der Waals surface area contributed by atoms with E-state index in [1.54, 1.807) is 42.5 Å². The first kappa shape index (κ1) is 12.4. The van der Waals surface area contributed by atoms with Crippen LogP contribution in [0.1, 0.15) is 5.56 Å². The number of aliphatic hydroxyl groups excluding tert-OH is 1. The lowest BCUT2D eigenvalue weighted by Gasteiger charge is -2.00. The number of nitrogens with zero attached hydrogens (tertiary/aromatic N) is 1. The first-order valence-electron chi connectivity index (χ1n) is 6.07. The molecule has 3 rings (SSSR count). The average molecular weight is 269 g/mol. The summed E-state index contributed by atoms with van der Waals surface area (Å²) >= 11 is 0. The zero-order chi connectivity index (χ0) is 14.1. The number of hydrogen-bond donors (Lipinski definition) is 1. The minimum absolute atomic E-state index is 0.0610. The molecule has 3 aromatic rings. The van der Waals surface area contributed by atoms with Gasteiger partial charge >= 0.3 is 5.88 Å². The van der Waals surface area contributed by atoms with Gasteiger partial charge < -0.3 is 9.52 Å². The van der Waals surface area contributed by atoms with Crippen LogP contribution in [0, 0.1) is 10.1 Å². The van der Waals surface area contributed by atoms with Crippen LogP contribution < -0.4 is 0 Å². The Kier molecular flexibility index (Phi) is 2.96. The lowest BCUT2D eigenvalue weighted by molar-refractivity contribution is -0.400. The lowest BCUT2D eigenvalue weighted by atomic mass is 10.0. The third kappa shape index (κ3) is 1.94. The molecule has 0 saturated carbocycles. The third-order valence-electron chi connectivity index (χ3n) is 3.17. The van der Waals surface area contributed by atoms with Crippen molar-refractivity contribution in [1.29, 1.82) is 0 Å². The first-order valence-corrected chi connectivity index (χ1v) is 6.07. The van der Waals surface area contributed by atoms with Gasteiger partial charge in [-0.15, -0.1) is 0 Å². The van der Waals surface area contributed by atoms with Gasteiger partial charge in [-0.1, -0.05) is 42.5 Å². The molecule has 0 spiro atoms. The van der Waals surface area contributed by atoms with Crippen LogP contribution in [0.5, 0.6) is 0 Å². The summed E-state index contributed by atoms with van der Waals surface area (Å²) in [6.07, 6.45) is 0. The number of benzene rings is 2. The SMILES string of the molecule is O=[N+]([O-])c1oc2ccccc2c1-c1ccc(CO)cc1. The van der Waals surface area contributed by atoms with E-state index < -0.39 is 4.92 Å². The third-order valence-corrected chi connectivity index (χ3v) is 3.17. The Morgan fingerprint density at radius 3 is 2.45 bits per heavy atom. The first-order chi connectivity index (χ1) is 9.70. The summed E-state index contributed by atoms with van der Waals surface area (Å²) in [4.78, 5) is 10.6. The van der Waals surface area contributed by atoms with Gasteiger partial charge in [-0.2, -0.15) is 0 Å². The summed E-state index contributed by atoms with van der Waals surface area (Å²) in [5.74, 6) is -0.261. The molecule has 5 heteroatoms. The molecule has 0 fully saturated rings. The molecule has 0 saturated heterocycles. The standard InChI is InChI=1S/C15H11NO4/c17-9-10-5-7-11(8-6-10)14-12-3-1-2-4-13(12)20-15(14)16(18)19/h1-8,17H,9H2. The lowest BCUT2D eigenvalue weighted by Crippen LogP contribution is -1.89. The highest BCUT2D eigenvalue weighted by atomic mass is 16.6. The van der Waals surface area contributed by atoms with Crippen molar-refractivity contribution in [2.24, 2.45) is 0 Å². The van der Waals surface area contributed by atoms with E-state index in [1.807, 2.05) is 6.07 Å². The van der Waals surface area contributed by atoms with Crippen LogP contribution >= 0.6 is 0 Å². The Morgan fingerprint density at radius 2 is 1.80 bits per heavy atom. The molecule has 0 aliphatic rings. The highest BCUT2D eigenvalue weighted by molar-refractivity contribution is 5.98. The van der Waals surface area contributed by atoms with Crippen molar-refractivity contribution in [2.75, 3.05) is 0 Å². The Hall–Kier alpha value is -2.66. The molecule has 2 aromatic carbocycles. The minimum atomic E-state index is -0.519. The summed E-state index contributed by atoms with van der Waals surface area (Å²) < 4.78 is 5.32. The number of rotatable bonds is 3. The number of nitro groups is 1. The largest absolute Gasteiger partial charge is 0.442 e. The van der Waals surface area contributed by atoms with Crippen LogP contribution in [-0.2, 0) is 6.61 Å². The normalized spacial score (nSPS) is 10.8. The van der Waals surface area contributed by atoms with Gasteiger partial charge in [0.25, 0.3) is 0 Å². The molecule has 5 nitrogen and oxygen atoms in total. The van der Waals surface area contributed by atoms with E-state index in [9.17, 15) is 10.1 Å². The topological polar surface area (TPSA) is 76.5 Å². The van der Waals surface area contributed by atoms with E-state index in [0.717, 1.165) is 5.56 Å². The fraction of sp³-hybridized carbons (Fsp3) is 0.0667. The summed E-state index contributed by atoms with van der Waals surface area (Å²) in [7, 11) is 0. The van der Waals surface area contributed by atoms with Crippen LogP contribution in [0.15, 0.2) is 52.9 Å². The van der Waals surface area contributed by atoms with Crippen LogP contribution in [0.3, 0.4) is 0 Å². The summed E-state index contributed by atoms with van der Waals surface area (Å²) in [5.41, 5.74) is 2.40. The van der Waals surface area contributed by atoms with Crippen molar-refractivity contribution in [1.82, 2.24) is 0 Å². The molecule has 1 heterocycles. The van der Waals surface area contributed by atoms with Crippen LogP contribution in [-0.4, -0.2) is 10.0 Å². The molecule has 20 heavy (non-hydrogen) atoms. The maximum atomic E-state index is 11.2. The van der Waals surface area contributed by atoms with Crippen LogP contribution in [0.4, 0.5) is 5.88 Å². The van der Waals surface area contributed by atoms with E-state index in [4.69, 9.17) is 9.52 Å². The molecule has 0 atom stereocenters. The van der Waals surface area contributed by atoms with Crippen molar-refractivity contribution in [3.8, 4) is 11.1 Å². The Balaban J connectivity index is 2.27. The monoisotopic (exact) mass is 269 g/mol. The quantitative estimate of drug-likeness (QED) is 0.583. The summed E-state index contributed by atoms with van der Waals surface area (Å²) in [5, 5.41) is 20.9. The molecule has 1 aromatic heterocycles. The Labute approximate surface area is 114 Å². The van der Waals surface area contributed by atoms with Gasteiger partial charge in [0.05, 0.1) is 6.61 Å². The van der Waals surface area contributed by atoms with Crippen LogP contribution in [0.25, 0.3) is 22.1 Å². The Bertz CT molecular complexity index is 774. The fourth-order valence-electron chi connectivity index (χ4n) is 2.22. The zero-order valence-electron chi connectivity index (χ0n) is 10.4. The number of fused-ring (bicyclic) bond motifs is 1. The van der Waals surface area contributed by atoms with Gasteiger partial charge in [-0.3, -0.25) is 10.1 Å². The summed E-state index contributed by atoms with van der Waals surface area (Å²) in [6.45, 7) is -0.0610. The molecule has 1 N–H and O–H groups in total. The van der Waals surface area contributed by atoms with E-state index in [2.05, 4.69) is 0 Å². The number of hydrogen-bond acceptors (Lipinski definition) is 4. The van der Waals surface area contributed by atoms with Gasteiger partial charge in [0.2, 0.25) is 0 Å². The van der Waals surface area contributed by atoms with Crippen molar-refractivity contribution >= 4 is 16.9 Å². The molecule has 0 bridgehead atoms. The highest BCUT2D eigenvalue weighted by Gasteiger charge is 2.24. The minimum Gasteiger partial charge on any atom is -0.400 e.